The lowest BCUT2D eigenvalue weighted by Gasteiger charge is -2.12. The van der Waals surface area contributed by atoms with E-state index in [0.29, 0.717) is 9.35 Å². The normalized spacial score (nSPS) is 14.5. The van der Waals surface area contributed by atoms with Crippen LogP contribution in [0.25, 0.3) is 0 Å². The van der Waals surface area contributed by atoms with Crippen molar-refractivity contribution in [3.8, 4) is 0 Å². The van der Waals surface area contributed by atoms with Crippen LogP contribution in [0, 0.1) is 0 Å². The van der Waals surface area contributed by atoms with Crippen molar-refractivity contribution >= 4 is 27.3 Å². The highest BCUT2D eigenvalue weighted by Crippen LogP contribution is 2.34. The van der Waals surface area contributed by atoms with Crippen LogP contribution in [0.4, 0.5) is 13.2 Å². The van der Waals surface area contributed by atoms with Crippen molar-refractivity contribution in [1.82, 2.24) is 0 Å². The zero-order chi connectivity index (χ0) is 10.1. The first kappa shape index (κ1) is 11.0. The first-order valence-corrected chi connectivity index (χ1v) is 5.12. The van der Waals surface area contributed by atoms with Crippen LogP contribution in [0.2, 0.25) is 0 Å². The lowest BCUT2D eigenvalue weighted by Crippen LogP contribution is -2.19. The molecule has 13 heavy (non-hydrogen) atoms. The van der Waals surface area contributed by atoms with Crippen LogP contribution in [-0.4, -0.2) is 6.18 Å². The van der Waals surface area contributed by atoms with E-state index in [1.165, 1.54) is 11.3 Å². The number of nitrogens with two attached hydrogens (primary N) is 1. The number of hydrogen-bond acceptors (Lipinski definition) is 2. The second-order valence-corrected chi connectivity index (χ2v) is 4.36. The van der Waals surface area contributed by atoms with Crippen molar-refractivity contribution in [1.29, 1.82) is 0 Å². The average molecular weight is 274 g/mol. The average Bonchev–Trinajstić information content (AvgIpc) is 2.30. The maximum Gasteiger partial charge on any atom is 0.390 e. The summed E-state index contributed by atoms with van der Waals surface area (Å²) in [6, 6.07) is 0.727. The SMILES string of the molecule is NC(CC(F)(F)F)c1sccc1Br. The van der Waals surface area contributed by atoms with E-state index < -0.39 is 18.6 Å². The van der Waals surface area contributed by atoms with Gasteiger partial charge in [-0.3, -0.25) is 0 Å². The Labute approximate surface area is 85.9 Å². The number of rotatable bonds is 2. The Morgan fingerprint density at radius 2 is 2.15 bits per heavy atom. The number of halogens is 4. The molecule has 0 saturated carbocycles. The molecular formula is C7H7BrF3NS. The molecule has 0 fully saturated rings. The smallest absolute Gasteiger partial charge is 0.323 e. The van der Waals surface area contributed by atoms with Gasteiger partial charge in [0.1, 0.15) is 0 Å². The van der Waals surface area contributed by atoms with Crippen molar-refractivity contribution in [2.45, 2.75) is 18.6 Å². The molecule has 74 valence electrons. The summed E-state index contributed by atoms with van der Waals surface area (Å²) in [4.78, 5) is 0.539. The second kappa shape index (κ2) is 3.98. The molecule has 0 saturated heterocycles. The topological polar surface area (TPSA) is 26.0 Å². The molecular weight excluding hydrogens is 267 g/mol. The van der Waals surface area contributed by atoms with Gasteiger partial charge in [0.05, 0.1) is 6.42 Å². The Balaban J connectivity index is 2.69. The third-order valence-corrected chi connectivity index (χ3v) is 3.44. The molecule has 1 unspecified atom stereocenters. The van der Waals surface area contributed by atoms with Crippen LogP contribution in [0.15, 0.2) is 15.9 Å². The minimum atomic E-state index is -4.21. The molecule has 0 radical (unpaired) electrons. The molecule has 0 amide bonds. The minimum Gasteiger partial charge on any atom is -0.323 e. The van der Waals surface area contributed by atoms with Crippen molar-refractivity contribution in [2.75, 3.05) is 0 Å². The van der Waals surface area contributed by atoms with Crippen LogP contribution >= 0.6 is 27.3 Å². The molecule has 1 aromatic heterocycles. The summed E-state index contributed by atoms with van der Waals surface area (Å²) in [5, 5.41) is 1.70. The Morgan fingerprint density at radius 3 is 2.54 bits per heavy atom. The van der Waals surface area contributed by atoms with E-state index in [9.17, 15) is 13.2 Å². The molecule has 2 N–H and O–H groups in total. The van der Waals surface area contributed by atoms with Gasteiger partial charge in [-0.2, -0.15) is 13.2 Å². The number of hydrogen-bond donors (Lipinski definition) is 1. The van der Waals surface area contributed by atoms with Crippen LogP contribution < -0.4 is 5.73 Å². The molecule has 1 nitrogen and oxygen atoms in total. The molecule has 1 rings (SSSR count). The van der Waals surface area contributed by atoms with Gasteiger partial charge < -0.3 is 5.73 Å². The van der Waals surface area contributed by atoms with E-state index in [0.717, 1.165) is 0 Å². The minimum absolute atomic E-state index is 0.539. The maximum absolute atomic E-state index is 11.9. The molecule has 0 aliphatic rings. The fourth-order valence-electron chi connectivity index (χ4n) is 0.912. The molecule has 1 atom stereocenters. The molecule has 0 aliphatic heterocycles. The Kier molecular flexibility index (Phi) is 3.37. The zero-order valence-corrected chi connectivity index (χ0v) is 8.84. The van der Waals surface area contributed by atoms with Crippen LogP contribution in [0.3, 0.4) is 0 Å². The van der Waals surface area contributed by atoms with E-state index in [1.807, 2.05) is 0 Å². The quantitative estimate of drug-likeness (QED) is 0.878. The van der Waals surface area contributed by atoms with Gasteiger partial charge in [-0.15, -0.1) is 11.3 Å². The monoisotopic (exact) mass is 273 g/mol. The Hall–Kier alpha value is -0.0700. The Bertz CT molecular complexity index is 284. The first-order chi connectivity index (χ1) is 5.90. The van der Waals surface area contributed by atoms with E-state index in [1.54, 1.807) is 11.4 Å². The third-order valence-electron chi connectivity index (χ3n) is 1.43. The van der Waals surface area contributed by atoms with Crippen LogP contribution in [0.5, 0.6) is 0 Å². The fraction of sp³-hybridized carbons (Fsp3) is 0.429. The van der Waals surface area contributed by atoms with Gasteiger partial charge in [0.2, 0.25) is 0 Å². The number of alkyl halides is 3. The molecule has 1 aromatic rings. The van der Waals surface area contributed by atoms with E-state index in [-0.39, 0.29) is 0 Å². The molecule has 1 heterocycles. The van der Waals surface area contributed by atoms with Crippen molar-refractivity contribution in [3.63, 3.8) is 0 Å². The van der Waals surface area contributed by atoms with Crippen molar-refractivity contribution in [3.05, 3.63) is 20.8 Å². The highest BCUT2D eigenvalue weighted by Gasteiger charge is 2.31. The molecule has 6 heteroatoms. The Morgan fingerprint density at radius 1 is 1.54 bits per heavy atom. The predicted octanol–water partition coefficient (Wildman–Crippen LogP) is 3.46. The second-order valence-electron chi connectivity index (χ2n) is 2.56. The molecule has 0 spiro atoms. The number of thiophene rings is 1. The van der Waals surface area contributed by atoms with Gasteiger partial charge >= 0.3 is 6.18 Å². The maximum atomic E-state index is 11.9. The summed E-state index contributed by atoms with van der Waals surface area (Å²) in [6.07, 6.45) is -5.19. The van der Waals surface area contributed by atoms with Gasteiger partial charge in [0.15, 0.2) is 0 Å². The third kappa shape index (κ3) is 3.28. The van der Waals surface area contributed by atoms with Crippen LogP contribution in [0.1, 0.15) is 17.3 Å². The summed E-state index contributed by atoms with van der Waals surface area (Å²) in [7, 11) is 0. The van der Waals surface area contributed by atoms with Crippen molar-refractivity contribution < 1.29 is 13.2 Å². The van der Waals surface area contributed by atoms with E-state index in [2.05, 4.69) is 15.9 Å². The van der Waals surface area contributed by atoms with E-state index >= 15 is 0 Å². The summed E-state index contributed by atoms with van der Waals surface area (Å²) < 4.78 is 36.5. The lowest BCUT2D eigenvalue weighted by molar-refractivity contribution is -0.138. The predicted molar refractivity (Wildman–Crippen MR) is 49.6 cm³/mol. The fourth-order valence-corrected chi connectivity index (χ4v) is 2.58. The highest BCUT2D eigenvalue weighted by molar-refractivity contribution is 9.10. The van der Waals surface area contributed by atoms with Crippen molar-refractivity contribution in [2.24, 2.45) is 5.73 Å². The van der Waals surface area contributed by atoms with Gasteiger partial charge in [-0.25, -0.2) is 0 Å². The molecule has 0 aliphatic carbocycles. The van der Waals surface area contributed by atoms with Gasteiger partial charge in [0.25, 0.3) is 0 Å². The summed E-state index contributed by atoms with van der Waals surface area (Å²) in [5.74, 6) is 0. The lowest BCUT2D eigenvalue weighted by atomic mass is 10.2. The van der Waals surface area contributed by atoms with Crippen LogP contribution in [-0.2, 0) is 0 Å². The zero-order valence-electron chi connectivity index (χ0n) is 6.44. The largest absolute Gasteiger partial charge is 0.390 e. The first-order valence-electron chi connectivity index (χ1n) is 3.45. The molecule has 0 aromatic carbocycles. The highest BCUT2D eigenvalue weighted by atomic mass is 79.9. The summed E-state index contributed by atoms with van der Waals surface area (Å²) in [5.41, 5.74) is 5.39. The summed E-state index contributed by atoms with van der Waals surface area (Å²) >= 11 is 4.36. The van der Waals surface area contributed by atoms with Gasteiger partial charge in [0, 0.05) is 15.4 Å². The summed E-state index contributed by atoms with van der Waals surface area (Å²) in [6.45, 7) is 0. The molecule has 0 bridgehead atoms. The van der Waals surface area contributed by atoms with Gasteiger partial charge in [-0.05, 0) is 27.4 Å². The van der Waals surface area contributed by atoms with E-state index in [4.69, 9.17) is 5.73 Å². The standard InChI is InChI=1S/C7H7BrF3NS/c8-4-1-2-13-6(4)5(12)3-7(9,10)11/h1-2,5H,3,12H2. The van der Waals surface area contributed by atoms with Gasteiger partial charge in [-0.1, -0.05) is 0 Å².